The van der Waals surface area contributed by atoms with E-state index in [1.165, 1.54) is 0 Å². The van der Waals surface area contributed by atoms with Gasteiger partial charge in [-0.1, -0.05) is 48.5 Å². The Morgan fingerprint density at radius 3 is 2.24 bits per heavy atom. The van der Waals surface area contributed by atoms with Crippen molar-refractivity contribution in [2.24, 2.45) is 4.99 Å². The number of guanidine groups is 1. The van der Waals surface area contributed by atoms with Gasteiger partial charge in [0.05, 0.1) is 6.04 Å². The minimum absolute atomic E-state index is 0. The van der Waals surface area contributed by atoms with Crippen LogP contribution < -0.4 is 16.0 Å². The lowest BCUT2D eigenvalue weighted by Crippen LogP contribution is -2.39. The monoisotopic (exact) mass is 452 g/mol. The van der Waals surface area contributed by atoms with Crippen LogP contribution in [-0.4, -0.2) is 25.0 Å². The van der Waals surface area contributed by atoms with Crippen molar-refractivity contribution in [1.29, 1.82) is 0 Å². The quantitative estimate of drug-likeness (QED) is 0.357. The Hall–Kier alpha value is -2.09. The molecule has 2 rings (SSSR count). The lowest BCUT2D eigenvalue weighted by Gasteiger charge is -2.18. The first-order chi connectivity index (χ1) is 11.7. The fourth-order valence-electron chi connectivity index (χ4n) is 2.22. The molecule has 0 spiro atoms. The largest absolute Gasteiger partial charge is 0.357 e. The van der Waals surface area contributed by atoms with Crippen LogP contribution in [0.15, 0.2) is 65.7 Å². The van der Waals surface area contributed by atoms with Crippen molar-refractivity contribution in [2.75, 3.05) is 18.4 Å². The van der Waals surface area contributed by atoms with Gasteiger partial charge in [0.25, 0.3) is 0 Å². The standard InChI is InChI=1S/C19H24N4O.HI/c1-3-20-19(22-15(2)16-10-6-4-7-11-16)21-14-18(24)23-17-12-8-5-9-13-17;/h4-13,15H,3,14H2,1-2H3,(H,23,24)(H2,20,21,22);1H. The molecule has 0 fully saturated rings. The molecule has 1 unspecified atom stereocenters. The molecular formula is C19H25IN4O. The van der Waals surface area contributed by atoms with Crippen LogP contribution in [0.3, 0.4) is 0 Å². The lowest BCUT2D eigenvalue weighted by atomic mass is 10.1. The van der Waals surface area contributed by atoms with Gasteiger partial charge < -0.3 is 16.0 Å². The van der Waals surface area contributed by atoms with Gasteiger partial charge in [-0.05, 0) is 31.5 Å². The fraction of sp³-hybridized carbons (Fsp3) is 0.263. The maximum atomic E-state index is 12.0. The highest BCUT2D eigenvalue weighted by Crippen LogP contribution is 2.10. The van der Waals surface area contributed by atoms with Crippen molar-refractivity contribution < 1.29 is 4.79 Å². The van der Waals surface area contributed by atoms with E-state index in [1.54, 1.807) is 0 Å². The van der Waals surface area contributed by atoms with E-state index in [2.05, 4.69) is 40.0 Å². The molecule has 2 aromatic carbocycles. The van der Waals surface area contributed by atoms with Crippen molar-refractivity contribution in [3.8, 4) is 0 Å². The molecule has 25 heavy (non-hydrogen) atoms. The zero-order valence-electron chi connectivity index (χ0n) is 14.5. The first-order valence-corrected chi connectivity index (χ1v) is 8.13. The highest BCUT2D eigenvalue weighted by molar-refractivity contribution is 14.0. The molecule has 0 heterocycles. The third-order valence-electron chi connectivity index (χ3n) is 3.44. The third kappa shape index (κ3) is 7.55. The van der Waals surface area contributed by atoms with Crippen LogP contribution in [0.2, 0.25) is 0 Å². The van der Waals surface area contributed by atoms with Crippen LogP contribution in [0.5, 0.6) is 0 Å². The fourth-order valence-corrected chi connectivity index (χ4v) is 2.22. The van der Waals surface area contributed by atoms with Gasteiger partial charge in [0.1, 0.15) is 6.54 Å². The zero-order valence-corrected chi connectivity index (χ0v) is 16.9. The minimum atomic E-state index is -0.147. The van der Waals surface area contributed by atoms with E-state index in [-0.39, 0.29) is 42.5 Å². The van der Waals surface area contributed by atoms with Crippen molar-refractivity contribution in [2.45, 2.75) is 19.9 Å². The molecule has 0 radical (unpaired) electrons. The number of nitrogens with one attached hydrogen (secondary N) is 3. The number of carbonyl (C=O) groups excluding carboxylic acids is 1. The molecular weight excluding hydrogens is 427 g/mol. The number of anilines is 1. The summed E-state index contributed by atoms with van der Waals surface area (Å²) in [5.74, 6) is 0.475. The summed E-state index contributed by atoms with van der Waals surface area (Å²) in [5, 5.41) is 9.30. The molecule has 134 valence electrons. The maximum Gasteiger partial charge on any atom is 0.246 e. The smallest absolute Gasteiger partial charge is 0.246 e. The summed E-state index contributed by atoms with van der Waals surface area (Å²) in [5.41, 5.74) is 1.94. The number of hydrogen-bond acceptors (Lipinski definition) is 2. The van der Waals surface area contributed by atoms with Crippen LogP contribution in [0.4, 0.5) is 5.69 Å². The number of hydrogen-bond donors (Lipinski definition) is 3. The van der Waals surface area contributed by atoms with Crippen molar-refractivity contribution in [3.63, 3.8) is 0 Å². The second kappa shape index (κ2) is 11.5. The van der Waals surface area contributed by atoms with Gasteiger partial charge in [-0.25, -0.2) is 4.99 Å². The Labute approximate surface area is 166 Å². The number of nitrogens with zero attached hydrogens (tertiary/aromatic N) is 1. The van der Waals surface area contributed by atoms with Crippen LogP contribution >= 0.6 is 24.0 Å². The van der Waals surface area contributed by atoms with Crippen LogP contribution in [0, 0.1) is 0 Å². The first-order valence-electron chi connectivity index (χ1n) is 8.13. The number of halogens is 1. The highest BCUT2D eigenvalue weighted by atomic mass is 127. The Kier molecular flexibility index (Phi) is 9.61. The lowest BCUT2D eigenvalue weighted by molar-refractivity contribution is -0.114. The SMILES string of the molecule is CCNC(=NCC(=O)Nc1ccccc1)NC(C)c1ccccc1.I. The van der Waals surface area contributed by atoms with E-state index in [1.807, 2.05) is 55.5 Å². The zero-order chi connectivity index (χ0) is 17.2. The summed E-state index contributed by atoms with van der Waals surface area (Å²) in [6, 6.07) is 19.6. The summed E-state index contributed by atoms with van der Waals surface area (Å²) in [6.45, 7) is 4.85. The van der Waals surface area contributed by atoms with Crippen molar-refractivity contribution in [3.05, 3.63) is 66.2 Å². The molecule has 1 atom stereocenters. The summed E-state index contributed by atoms with van der Waals surface area (Å²) >= 11 is 0. The highest BCUT2D eigenvalue weighted by Gasteiger charge is 2.08. The predicted molar refractivity (Wildman–Crippen MR) is 114 cm³/mol. The van der Waals surface area contributed by atoms with Gasteiger partial charge in [-0.15, -0.1) is 24.0 Å². The molecule has 0 saturated heterocycles. The predicted octanol–water partition coefficient (Wildman–Crippen LogP) is 3.56. The molecule has 6 heteroatoms. The maximum absolute atomic E-state index is 12.0. The number of carbonyl (C=O) groups is 1. The minimum Gasteiger partial charge on any atom is -0.357 e. The molecule has 0 aliphatic rings. The second-order valence-corrected chi connectivity index (χ2v) is 5.39. The van der Waals surface area contributed by atoms with E-state index in [9.17, 15) is 4.79 Å². The normalized spacial score (nSPS) is 11.8. The van der Waals surface area contributed by atoms with Gasteiger partial charge >= 0.3 is 0 Å². The summed E-state index contributed by atoms with van der Waals surface area (Å²) < 4.78 is 0. The average molecular weight is 452 g/mol. The molecule has 0 aromatic heterocycles. The number of benzene rings is 2. The molecule has 3 N–H and O–H groups in total. The average Bonchev–Trinajstić information content (AvgIpc) is 2.61. The molecule has 5 nitrogen and oxygen atoms in total. The van der Waals surface area contributed by atoms with Gasteiger partial charge in [0.15, 0.2) is 5.96 Å². The van der Waals surface area contributed by atoms with Gasteiger partial charge in [-0.3, -0.25) is 4.79 Å². The molecule has 0 bridgehead atoms. The number of amides is 1. The summed E-state index contributed by atoms with van der Waals surface area (Å²) in [6.07, 6.45) is 0. The topological polar surface area (TPSA) is 65.5 Å². The first kappa shape index (κ1) is 21.0. The summed E-state index contributed by atoms with van der Waals surface area (Å²) in [4.78, 5) is 16.4. The van der Waals surface area contributed by atoms with Crippen LogP contribution in [0.1, 0.15) is 25.5 Å². The van der Waals surface area contributed by atoms with Crippen LogP contribution in [-0.2, 0) is 4.79 Å². The van der Waals surface area contributed by atoms with Crippen molar-refractivity contribution >= 4 is 41.5 Å². The summed E-state index contributed by atoms with van der Waals surface area (Å²) in [7, 11) is 0. The number of aliphatic imine (C=N–C) groups is 1. The molecule has 0 saturated carbocycles. The van der Waals surface area contributed by atoms with Gasteiger partial charge in [0.2, 0.25) is 5.91 Å². The van der Waals surface area contributed by atoms with Gasteiger partial charge in [0, 0.05) is 12.2 Å². The van der Waals surface area contributed by atoms with Crippen LogP contribution in [0.25, 0.3) is 0 Å². The van der Waals surface area contributed by atoms with E-state index < -0.39 is 0 Å². The molecule has 0 aliphatic heterocycles. The molecule has 0 aliphatic carbocycles. The van der Waals surface area contributed by atoms with Gasteiger partial charge in [-0.2, -0.15) is 0 Å². The van der Waals surface area contributed by atoms with Crippen molar-refractivity contribution in [1.82, 2.24) is 10.6 Å². The second-order valence-electron chi connectivity index (χ2n) is 5.39. The van der Waals surface area contributed by atoms with E-state index in [4.69, 9.17) is 0 Å². The Morgan fingerprint density at radius 2 is 1.64 bits per heavy atom. The van der Waals surface area contributed by atoms with E-state index in [0.717, 1.165) is 17.8 Å². The molecule has 2 aromatic rings. The Balaban J connectivity index is 0.00000312. The Morgan fingerprint density at radius 1 is 1.04 bits per heavy atom. The third-order valence-corrected chi connectivity index (χ3v) is 3.44. The molecule has 1 amide bonds. The Bertz CT molecular complexity index is 662. The van der Waals surface area contributed by atoms with E-state index in [0.29, 0.717) is 5.96 Å². The number of rotatable bonds is 6. The van der Waals surface area contributed by atoms with E-state index >= 15 is 0 Å². The number of para-hydroxylation sites is 1.